The minimum Gasteiger partial charge on any atom is -0.352 e. The summed E-state index contributed by atoms with van der Waals surface area (Å²) in [4.78, 5) is 12.7. The van der Waals surface area contributed by atoms with E-state index in [4.69, 9.17) is 0 Å². The molecule has 0 unspecified atom stereocenters. The highest BCUT2D eigenvalue weighted by molar-refractivity contribution is 7.92. The summed E-state index contributed by atoms with van der Waals surface area (Å²) in [7, 11) is -3.40. The van der Waals surface area contributed by atoms with Gasteiger partial charge in [-0.3, -0.25) is 4.79 Å². The zero-order chi connectivity index (χ0) is 15.5. The molecule has 1 aliphatic carbocycles. The number of hydrogen-bond donors (Lipinski definition) is 2. The lowest BCUT2D eigenvalue weighted by molar-refractivity contribution is -0.125. The SMILES string of the molecule is CCC1CCC(NC(=O)C2(S(C)(=O)=O)CCNCC2)CC1. The molecule has 5 nitrogen and oxygen atoms in total. The second kappa shape index (κ2) is 6.65. The molecule has 2 fully saturated rings. The van der Waals surface area contributed by atoms with Crippen LogP contribution in [-0.2, 0) is 14.6 Å². The highest BCUT2D eigenvalue weighted by atomic mass is 32.2. The van der Waals surface area contributed by atoms with Crippen molar-refractivity contribution in [2.75, 3.05) is 19.3 Å². The van der Waals surface area contributed by atoms with Crippen LogP contribution in [-0.4, -0.2) is 44.5 Å². The van der Waals surface area contributed by atoms with Gasteiger partial charge in [-0.05, 0) is 57.5 Å². The van der Waals surface area contributed by atoms with Crippen molar-refractivity contribution in [1.29, 1.82) is 0 Å². The van der Waals surface area contributed by atoms with Crippen LogP contribution in [0.5, 0.6) is 0 Å². The summed E-state index contributed by atoms with van der Waals surface area (Å²) in [6.07, 6.45) is 7.36. The van der Waals surface area contributed by atoms with Gasteiger partial charge in [0.05, 0.1) is 0 Å². The first-order valence-electron chi connectivity index (χ1n) is 8.10. The number of amides is 1. The predicted octanol–water partition coefficient (Wildman–Crippen LogP) is 1.24. The van der Waals surface area contributed by atoms with Crippen LogP contribution in [0.3, 0.4) is 0 Å². The molecule has 0 radical (unpaired) electrons. The third-order valence-corrected chi connectivity index (χ3v) is 7.31. The average molecular weight is 316 g/mol. The van der Waals surface area contributed by atoms with Crippen LogP contribution in [0.2, 0.25) is 0 Å². The van der Waals surface area contributed by atoms with Crippen molar-refractivity contribution in [3.8, 4) is 0 Å². The molecule has 0 atom stereocenters. The Morgan fingerprint density at radius 3 is 2.24 bits per heavy atom. The van der Waals surface area contributed by atoms with Gasteiger partial charge in [0.25, 0.3) is 0 Å². The summed E-state index contributed by atoms with van der Waals surface area (Å²) in [5.41, 5.74) is 0. The van der Waals surface area contributed by atoms with Crippen LogP contribution < -0.4 is 10.6 Å². The third kappa shape index (κ3) is 3.59. The van der Waals surface area contributed by atoms with E-state index >= 15 is 0 Å². The summed E-state index contributed by atoms with van der Waals surface area (Å²) in [6, 6.07) is 0.147. The summed E-state index contributed by atoms with van der Waals surface area (Å²) < 4.78 is 23.2. The highest BCUT2D eigenvalue weighted by Gasteiger charge is 2.49. The molecule has 6 heteroatoms. The summed E-state index contributed by atoms with van der Waals surface area (Å²) >= 11 is 0. The predicted molar refractivity (Wildman–Crippen MR) is 83.9 cm³/mol. The van der Waals surface area contributed by atoms with Crippen molar-refractivity contribution < 1.29 is 13.2 Å². The molecule has 2 rings (SSSR count). The molecule has 0 aromatic heterocycles. The van der Waals surface area contributed by atoms with E-state index in [0.29, 0.717) is 25.9 Å². The van der Waals surface area contributed by atoms with Gasteiger partial charge in [0.15, 0.2) is 14.6 Å². The Morgan fingerprint density at radius 1 is 1.19 bits per heavy atom. The maximum atomic E-state index is 12.7. The highest BCUT2D eigenvalue weighted by Crippen LogP contribution is 2.30. The van der Waals surface area contributed by atoms with Crippen LogP contribution >= 0.6 is 0 Å². The molecule has 2 N–H and O–H groups in total. The Hall–Kier alpha value is -0.620. The van der Waals surface area contributed by atoms with E-state index in [1.807, 2.05) is 0 Å². The maximum absolute atomic E-state index is 12.7. The number of rotatable bonds is 4. The van der Waals surface area contributed by atoms with Crippen molar-refractivity contribution in [2.45, 2.75) is 62.7 Å². The van der Waals surface area contributed by atoms with E-state index < -0.39 is 14.6 Å². The topological polar surface area (TPSA) is 75.3 Å². The minimum absolute atomic E-state index is 0.147. The minimum atomic E-state index is -3.40. The van der Waals surface area contributed by atoms with Gasteiger partial charge in [0, 0.05) is 12.3 Å². The van der Waals surface area contributed by atoms with Crippen LogP contribution in [0.15, 0.2) is 0 Å². The van der Waals surface area contributed by atoms with Gasteiger partial charge in [0.2, 0.25) is 5.91 Å². The smallest absolute Gasteiger partial charge is 0.241 e. The van der Waals surface area contributed by atoms with Gasteiger partial charge >= 0.3 is 0 Å². The second-order valence-electron chi connectivity index (χ2n) is 6.62. The molecule has 0 bridgehead atoms. The van der Waals surface area contributed by atoms with Crippen molar-refractivity contribution >= 4 is 15.7 Å². The van der Waals surface area contributed by atoms with Gasteiger partial charge in [-0.25, -0.2) is 8.42 Å². The van der Waals surface area contributed by atoms with Gasteiger partial charge in [-0.2, -0.15) is 0 Å². The first kappa shape index (κ1) is 16.7. The Kier molecular flexibility index (Phi) is 5.30. The standard InChI is InChI=1S/C15H28N2O3S/c1-3-12-4-6-13(7-5-12)17-14(18)15(21(2,19)20)8-10-16-11-9-15/h12-13,16H,3-11H2,1-2H3,(H,17,18). The average Bonchev–Trinajstić information content (AvgIpc) is 2.47. The third-order valence-electron chi connectivity index (χ3n) is 5.29. The molecule has 0 spiro atoms. The van der Waals surface area contributed by atoms with E-state index in [1.54, 1.807) is 0 Å². The first-order valence-corrected chi connectivity index (χ1v) is 9.99. The fourth-order valence-corrected chi connectivity index (χ4v) is 4.97. The van der Waals surface area contributed by atoms with Crippen molar-refractivity contribution in [1.82, 2.24) is 10.6 Å². The largest absolute Gasteiger partial charge is 0.352 e. The van der Waals surface area contributed by atoms with Gasteiger partial charge in [0.1, 0.15) is 0 Å². The molecule has 1 saturated carbocycles. The lowest BCUT2D eigenvalue weighted by Gasteiger charge is -2.37. The Morgan fingerprint density at radius 2 is 1.76 bits per heavy atom. The number of hydrogen-bond acceptors (Lipinski definition) is 4. The summed E-state index contributed by atoms with van der Waals surface area (Å²) in [5, 5.41) is 6.17. The second-order valence-corrected chi connectivity index (χ2v) is 8.94. The molecular formula is C15H28N2O3S. The Balaban J connectivity index is 2.03. The molecule has 1 aliphatic heterocycles. The molecule has 122 valence electrons. The summed E-state index contributed by atoms with van der Waals surface area (Å²) in [6.45, 7) is 3.38. The number of piperidine rings is 1. The Bertz CT molecular complexity index is 461. The molecule has 0 aromatic rings. The molecule has 0 aromatic carbocycles. The van der Waals surface area contributed by atoms with Crippen LogP contribution in [0, 0.1) is 5.92 Å². The number of carbonyl (C=O) groups excluding carboxylic acids is 1. The fourth-order valence-electron chi connectivity index (χ4n) is 3.63. The quantitative estimate of drug-likeness (QED) is 0.818. The van der Waals surface area contributed by atoms with Crippen molar-refractivity contribution in [2.24, 2.45) is 5.92 Å². The molecule has 21 heavy (non-hydrogen) atoms. The van der Waals surface area contributed by atoms with Crippen LogP contribution in [0.4, 0.5) is 0 Å². The van der Waals surface area contributed by atoms with E-state index in [1.165, 1.54) is 12.7 Å². The number of nitrogens with one attached hydrogen (secondary N) is 2. The van der Waals surface area contributed by atoms with E-state index in [9.17, 15) is 13.2 Å². The van der Waals surface area contributed by atoms with Gasteiger partial charge < -0.3 is 10.6 Å². The maximum Gasteiger partial charge on any atom is 0.241 e. The number of sulfone groups is 1. The zero-order valence-electron chi connectivity index (χ0n) is 13.2. The van der Waals surface area contributed by atoms with E-state index in [0.717, 1.165) is 31.6 Å². The molecular weight excluding hydrogens is 288 g/mol. The molecule has 1 saturated heterocycles. The van der Waals surface area contributed by atoms with Crippen molar-refractivity contribution in [3.63, 3.8) is 0 Å². The van der Waals surface area contributed by atoms with Crippen LogP contribution in [0.1, 0.15) is 51.9 Å². The molecule has 1 amide bonds. The Labute approximate surface area is 128 Å². The lowest BCUT2D eigenvalue weighted by Crippen LogP contribution is -2.59. The van der Waals surface area contributed by atoms with Crippen molar-refractivity contribution in [3.05, 3.63) is 0 Å². The fraction of sp³-hybridized carbons (Fsp3) is 0.933. The van der Waals surface area contributed by atoms with Gasteiger partial charge in [-0.1, -0.05) is 13.3 Å². The van der Waals surface area contributed by atoms with Gasteiger partial charge in [-0.15, -0.1) is 0 Å². The number of carbonyl (C=O) groups is 1. The van der Waals surface area contributed by atoms with Crippen LogP contribution in [0.25, 0.3) is 0 Å². The zero-order valence-corrected chi connectivity index (χ0v) is 14.0. The normalized spacial score (nSPS) is 29.8. The molecule has 1 heterocycles. The first-order chi connectivity index (χ1) is 9.89. The molecule has 2 aliphatic rings. The lowest BCUT2D eigenvalue weighted by atomic mass is 9.84. The monoisotopic (exact) mass is 316 g/mol. The van der Waals surface area contributed by atoms with E-state index in [2.05, 4.69) is 17.6 Å². The summed E-state index contributed by atoms with van der Waals surface area (Å²) in [5.74, 6) is 0.493. The van der Waals surface area contributed by atoms with E-state index in [-0.39, 0.29) is 11.9 Å².